The van der Waals surface area contributed by atoms with Gasteiger partial charge in [-0.1, -0.05) is 12.1 Å². The van der Waals surface area contributed by atoms with Crippen molar-refractivity contribution >= 4 is 24.1 Å². The van der Waals surface area contributed by atoms with E-state index in [2.05, 4.69) is 20.3 Å². The number of aromatic nitrogens is 4. The second kappa shape index (κ2) is 6.28. The molecule has 3 rings (SSSR count). The van der Waals surface area contributed by atoms with E-state index in [0.29, 0.717) is 11.4 Å². The van der Waals surface area contributed by atoms with E-state index in [9.17, 15) is 10.1 Å². The molecule has 2 aromatic heterocycles. The molecule has 0 radical (unpaired) electrons. The molecule has 0 aliphatic carbocycles. The zero-order valence-electron chi connectivity index (χ0n) is 11.7. The minimum atomic E-state index is -0.460. The molecule has 0 unspecified atom stereocenters. The molecule has 0 saturated heterocycles. The highest BCUT2D eigenvalue weighted by molar-refractivity contribution is 7.71. The number of pyridine rings is 1. The molecule has 0 bridgehead atoms. The van der Waals surface area contributed by atoms with Gasteiger partial charge in [0, 0.05) is 24.0 Å². The quantitative estimate of drug-likeness (QED) is 0.344. The predicted octanol–water partition coefficient (Wildman–Crippen LogP) is 2.79. The van der Waals surface area contributed by atoms with Gasteiger partial charge in [-0.05, 0) is 30.4 Å². The summed E-state index contributed by atoms with van der Waals surface area (Å²) in [4.78, 5) is 14.6. The van der Waals surface area contributed by atoms with Crippen molar-refractivity contribution in [2.75, 3.05) is 0 Å². The Balaban J connectivity index is 2.04. The third-order valence-electron chi connectivity index (χ3n) is 3.02. The first-order valence-corrected chi connectivity index (χ1v) is 6.93. The van der Waals surface area contributed by atoms with E-state index in [-0.39, 0.29) is 10.5 Å². The van der Waals surface area contributed by atoms with Gasteiger partial charge in [-0.3, -0.25) is 15.1 Å². The Hall–Kier alpha value is -3.20. The Kier molecular flexibility index (Phi) is 4.02. The SMILES string of the molecule is O=[N+]([O-])c1ccccc1/C=N\n1c(-c2cccnc2)n[nH]c1=S. The average Bonchev–Trinajstić information content (AvgIpc) is 2.94. The molecule has 8 nitrogen and oxygen atoms in total. The van der Waals surface area contributed by atoms with Crippen molar-refractivity contribution in [3.63, 3.8) is 0 Å². The van der Waals surface area contributed by atoms with Gasteiger partial charge in [0.1, 0.15) is 0 Å². The fourth-order valence-electron chi connectivity index (χ4n) is 1.96. The lowest BCUT2D eigenvalue weighted by Crippen LogP contribution is -1.98. The second-order valence-electron chi connectivity index (χ2n) is 4.47. The number of nitrogens with one attached hydrogen (secondary N) is 1. The third kappa shape index (κ3) is 3.04. The largest absolute Gasteiger partial charge is 0.278 e. The summed E-state index contributed by atoms with van der Waals surface area (Å²) in [7, 11) is 0. The van der Waals surface area contributed by atoms with Gasteiger partial charge in [-0.25, -0.2) is 5.10 Å². The van der Waals surface area contributed by atoms with Crippen LogP contribution in [0.2, 0.25) is 0 Å². The normalized spacial score (nSPS) is 11.0. The van der Waals surface area contributed by atoms with Crippen LogP contribution in [0.3, 0.4) is 0 Å². The van der Waals surface area contributed by atoms with E-state index in [0.717, 1.165) is 5.56 Å². The lowest BCUT2D eigenvalue weighted by molar-refractivity contribution is -0.385. The average molecular weight is 326 g/mol. The molecule has 0 amide bonds. The topological polar surface area (TPSA) is 102 Å². The van der Waals surface area contributed by atoms with Crippen LogP contribution in [0.1, 0.15) is 5.56 Å². The van der Waals surface area contributed by atoms with E-state index in [1.165, 1.54) is 17.0 Å². The van der Waals surface area contributed by atoms with E-state index in [1.54, 1.807) is 36.7 Å². The smallest absolute Gasteiger partial charge is 0.264 e. The molecule has 3 aromatic rings. The molecule has 1 N–H and O–H groups in total. The number of aromatic amines is 1. The Labute approximate surface area is 135 Å². The van der Waals surface area contributed by atoms with Gasteiger partial charge in [0.15, 0.2) is 5.82 Å². The maximum atomic E-state index is 11.0. The standard InChI is InChI=1S/C14H10N6O2S/c21-20(22)12-6-2-1-4-10(12)9-16-19-13(17-18-14(19)23)11-5-3-7-15-8-11/h1-9H,(H,18,23)/b16-9-. The molecule has 0 spiro atoms. The Morgan fingerprint density at radius 3 is 2.87 bits per heavy atom. The monoisotopic (exact) mass is 326 g/mol. The van der Waals surface area contributed by atoms with Crippen LogP contribution in [0.15, 0.2) is 53.9 Å². The van der Waals surface area contributed by atoms with Crippen molar-refractivity contribution in [1.82, 2.24) is 19.9 Å². The minimum Gasteiger partial charge on any atom is -0.264 e. The molecule has 0 aliphatic heterocycles. The summed E-state index contributed by atoms with van der Waals surface area (Å²) >= 11 is 5.15. The molecule has 9 heteroatoms. The molecule has 2 heterocycles. The molecule has 0 saturated carbocycles. The number of benzene rings is 1. The lowest BCUT2D eigenvalue weighted by atomic mass is 10.2. The summed E-state index contributed by atoms with van der Waals surface area (Å²) in [5.41, 5.74) is 1.06. The Bertz CT molecular complexity index is 932. The molecule has 1 aromatic carbocycles. The molecule has 0 fully saturated rings. The van der Waals surface area contributed by atoms with Crippen molar-refractivity contribution in [2.24, 2.45) is 5.10 Å². The zero-order valence-corrected chi connectivity index (χ0v) is 12.5. The first-order valence-electron chi connectivity index (χ1n) is 6.52. The molecule has 0 aliphatic rings. The fraction of sp³-hybridized carbons (Fsp3) is 0. The summed E-state index contributed by atoms with van der Waals surface area (Å²) in [6.45, 7) is 0. The maximum absolute atomic E-state index is 11.0. The maximum Gasteiger partial charge on any atom is 0.278 e. The Morgan fingerprint density at radius 1 is 1.30 bits per heavy atom. The summed E-state index contributed by atoms with van der Waals surface area (Å²) in [5, 5.41) is 22.0. The van der Waals surface area contributed by atoms with E-state index in [4.69, 9.17) is 12.2 Å². The molecule has 114 valence electrons. The van der Waals surface area contributed by atoms with Crippen molar-refractivity contribution in [1.29, 1.82) is 0 Å². The van der Waals surface area contributed by atoms with Crippen LogP contribution in [-0.2, 0) is 0 Å². The second-order valence-corrected chi connectivity index (χ2v) is 4.85. The van der Waals surface area contributed by atoms with Crippen LogP contribution in [0.25, 0.3) is 11.4 Å². The summed E-state index contributed by atoms with van der Waals surface area (Å²) in [6, 6.07) is 9.90. The highest BCUT2D eigenvalue weighted by Crippen LogP contribution is 2.17. The zero-order chi connectivity index (χ0) is 16.2. The van der Waals surface area contributed by atoms with Crippen LogP contribution in [0.5, 0.6) is 0 Å². The van der Waals surface area contributed by atoms with Gasteiger partial charge >= 0.3 is 0 Å². The van der Waals surface area contributed by atoms with Gasteiger partial charge in [0.2, 0.25) is 4.77 Å². The number of para-hydroxylation sites is 1. The van der Waals surface area contributed by atoms with Gasteiger partial charge < -0.3 is 0 Å². The number of nitro benzene ring substituents is 1. The number of nitrogens with zero attached hydrogens (tertiary/aromatic N) is 5. The lowest BCUT2D eigenvalue weighted by Gasteiger charge is -2.00. The number of nitro groups is 1. The third-order valence-corrected chi connectivity index (χ3v) is 3.28. The van der Waals surface area contributed by atoms with Crippen LogP contribution >= 0.6 is 12.2 Å². The summed E-state index contributed by atoms with van der Waals surface area (Å²) in [5.74, 6) is 0.470. The van der Waals surface area contributed by atoms with Crippen molar-refractivity contribution in [3.8, 4) is 11.4 Å². The van der Waals surface area contributed by atoms with Crippen LogP contribution < -0.4 is 0 Å². The minimum absolute atomic E-state index is 0.0332. The first kappa shape index (κ1) is 14.7. The van der Waals surface area contributed by atoms with Crippen molar-refractivity contribution in [3.05, 3.63) is 69.2 Å². The number of hydrogen-bond acceptors (Lipinski definition) is 6. The highest BCUT2D eigenvalue weighted by Gasteiger charge is 2.11. The van der Waals surface area contributed by atoms with Gasteiger partial charge in [0.25, 0.3) is 5.69 Å². The first-order chi connectivity index (χ1) is 11.2. The van der Waals surface area contributed by atoms with E-state index < -0.39 is 4.92 Å². The highest BCUT2D eigenvalue weighted by atomic mass is 32.1. The number of rotatable bonds is 4. The molecule has 0 atom stereocenters. The summed E-state index contributed by atoms with van der Waals surface area (Å²) in [6.07, 6.45) is 4.65. The van der Waals surface area contributed by atoms with Gasteiger partial charge in [-0.2, -0.15) is 14.9 Å². The van der Waals surface area contributed by atoms with Crippen LogP contribution in [0, 0.1) is 14.9 Å². The Morgan fingerprint density at radius 2 is 2.13 bits per heavy atom. The summed E-state index contributed by atoms with van der Waals surface area (Å²) < 4.78 is 1.67. The van der Waals surface area contributed by atoms with Crippen LogP contribution in [0.4, 0.5) is 5.69 Å². The van der Waals surface area contributed by atoms with E-state index >= 15 is 0 Å². The molecular weight excluding hydrogens is 316 g/mol. The fourth-order valence-corrected chi connectivity index (χ4v) is 2.14. The molecular formula is C14H10N6O2S. The van der Waals surface area contributed by atoms with E-state index in [1.807, 2.05) is 6.07 Å². The number of hydrogen-bond donors (Lipinski definition) is 1. The predicted molar refractivity (Wildman–Crippen MR) is 86.7 cm³/mol. The molecule has 23 heavy (non-hydrogen) atoms. The van der Waals surface area contributed by atoms with Gasteiger partial charge in [-0.15, -0.1) is 0 Å². The van der Waals surface area contributed by atoms with Crippen LogP contribution in [-0.4, -0.2) is 31.0 Å². The number of H-pyrrole nitrogens is 1. The van der Waals surface area contributed by atoms with Crippen molar-refractivity contribution < 1.29 is 4.92 Å². The van der Waals surface area contributed by atoms with Crippen molar-refractivity contribution in [2.45, 2.75) is 0 Å². The van der Waals surface area contributed by atoms with Gasteiger partial charge in [0.05, 0.1) is 16.7 Å².